The average Bonchev–Trinajstić information content (AvgIpc) is 3.17. The van der Waals surface area contributed by atoms with Gasteiger partial charge in [-0.15, -0.1) is 11.8 Å². The number of nitrogens with zero attached hydrogens (tertiary/aromatic N) is 3. The van der Waals surface area contributed by atoms with Crippen molar-refractivity contribution in [2.24, 2.45) is 9.98 Å². The van der Waals surface area contributed by atoms with E-state index in [0.29, 0.717) is 49.0 Å². The van der Waals surface area contributed by atoms with Crippen molar-refractivity contribution < 1.29 is 9.53 Å². The van der Waals surface area contributed by atoms with Gasteiger partial charge in [-0.1, -0.05) is 42.8 Å². The topological polar surface area (TPSA) is 66.3 Å². The number of carbonyl (C=O) groups is 1. The molecule has 4 rings (SSSR count). The maximum Gasteiger partial charge on any atom is 0.321 e. The summed E-state index contributed by atoms with van der Waals surface area (Å²) in [5.41, 5.74) is 2.16. The quantitative estimate of drug-likeness (QED) is 0.538. The lowest BCUT2D eigenvalue weighted by atomic mass is 9.98. The number of piperidine rings is 1. The van der Waals surface area contributed by atoms with E-state index in [4.69, 9.17) is 26.3 Å². The lowest BCUT2D eigenvalue weighted by Crippen LogP contribution is -2.46. The van der Waals surface area contributed by atoms with Crippen LogP contribution >= 0.6 is 23.4 Å². The molecule has 2 aromatic rings. The molecule has 1 fully saturated rings. The van der Waals surface area contributed by atoms with Crippen LogP contribution in [0.2, 0.25) is 5.02 Å². The Hall–Kier alpha value is -2.51. The molecule has 174 valence electrons. The van der Waals surface area contributed by atoms with Crippen LogP contribution in [0.5, 0.6) is 5.75 Å². The zero-order valence-electron chi connectivity index (χ0n) is 19.0. The number of likely N-dealkylation sites (tertiary alicyclic amines) is 1. The first-order valence-corrected chi connectivity index (χ1v) is 12.8. The van der Waals surface area contributed by atoms with Gasteiger partial charge in [0.05, 0.1) is 18.0 Å². The molecule has 2 aliphatic rings. The van der Waals surface area contributed by atoms with Crippen molar-refractivity contribution in [2.75, 3.05) is 30.8 Å². The second kappa shape index (κ2) is 10.6. The molecule has 0 radical (unpaired) electrons. The standard InChI is InChI=1S/C25H29ClN4O2S/c1-3-17-33-23-22(18-9-11-19(26)12-10-18)28-25(29-23)13-15-30(16-14-25)24(31)27-20-7-5-6-8-21(20)32-4-2/h5-12H,3-4,13-17H2,1-2H3,(H,27,31). The predicted octanol–water partition coefficient (Wildman–Crippen LogP) is 6.11. The molecule has 8 heteroatoms. The summed E-state index contributed by atoms with van der Waals surface area (Å²) in [4.78, 5) is 24.9. The lowest BCUT2D eigenvalue weighted by molar-refractivity contribution is 0.175. The number of hydrogen-bond acceptors (Lipinski definition) is 5. The first-order valence-electron chi connectivity index (χ1n) is 11.4. The molecule has 0 saturated carbocycles. The van der Waals surface area contributed by atoms with Gasteiger partial charge in [0, 0.05) is 36.5 Å². The molecule has 1 N–H and O–H groups in total. The minimum absolute atomic E-state index is 0.124. The van der Waals surface area contributed by atoms with Crippen LogP contribution in [0.25, 0.3) is 0 Å². The molecule has 1 saturated heterocycles. The Labute approximate surface area is 204 Å². The molecular weight excluding hydrogens is 456 g/mol. The Morgan fingerprint density at radius 3 is 2.55 bits per heavy atom. The zero-order valence-corrected chi connectivity index (χ0v) is 20.6. The van der Waals surface area contributed by atoms with E-state index in [1.54, 1.807) is 11.8 Å². The number of anilines is 1. The fraction of sp³-hybridized carbons (Fsp3) is 0.400. The van der Waals surface area contributed by atoms with E-state index in [2.05, 4.69) is 12.2 Å². The normalized spacial score (nSPS) is 17.0. The zero-order chi connectivity index (χ0) is 23.3. The highest BCUT2D eigenvalue weighted by Crippen LogP contribution is 2.36. The van der Waals surface area contributed by atoms with Crippen LogP contribution in [0, 0.1) is 0 Å². The third kappa shape index (κ3) is 5.53. The first-order chi connectivity index (χ1) is 16.0. The van der Waals surface area contributed by atoms with Crippen LogP contribution < -0.4 is 10.1 Å². The number of halogens is 1. The van der Waals surface area contributed by atoms with Gasteiger partial charge in [-0.2, -0.15) is 0 Å². The van der Waals surface area contributed by atoms with Crippen molar-refractivity contribution >= 4 is 45.8 Å². The number of urea groups is 1. The minimum atomic E-state index is -0.495. The monoisotopic (exact) mass is 484 g/mol. The summed E-state index contributed by atoms with van der Waals surface area (Å²) in [5.74, 6) is 1.67. The molecule has 0 bridgehead atoms. The number of carbonyl (C=O) groups excluding carboxylic acids is 1. The van der Waals surface area contributed by atoms with E-state index < -0.39 is 5.66 Å². The number of benzene rings is 2. The van der Waals surface area contributed by atoms with Crippen molar-refractivity contribution in [3.05, 3.63) is 59.1 Å². The highest BCUT2D eigenvalue weighted by Gasteiger charge is 2.40. The van der Waals surface area contributed by atoms with E-state index in [1.165, 1.54) is 0 Å². The number of nitrogens with one attached hydrogen (secondary N) is 1. The van der Waals surface area contributed by atoms with E-state index >= 15 is 0 Å². The molecule has 0 aliphatic carbocycles. The third-order valence-electron chi connectivity index (χ3n) is 5.67. The van der Waals surface area contributed by atoms with Gasteiger partial charge >= 0.3 is 6.03 Å². The van der Waals surface area contributed by atoms with Gasteiger partial charge < -0.3 is 15.0 Å². The molecule has 0 aromatic heterocycles. The lowest BCUT2D eigenvalue weighted by Gasteiger charge is -2.35. The fourth-order valence-corrected chi connectivity index (χ4v) is 5.01. The Morgan fingerprint density at radius 2 is 1.85 bits per heavy atom. The smallest absolute Gasteiger partial charge is 0.321 e. The summed E-state index contributed by atoms with van der Waals surface area (Å²) in [6.45, 7) is 5.82. The molecule has 6 nitrogen and oxygen atoms in total. The highest BCUT2D eigenvalue weighted by molar-refractivity contribution is 8.15. The Kier molecular flexibility index (Phi) is 7.60. The van der Waals surface area contributed by atoms with E-state index in [-0.39, 0.29) is 6.03 Å². The Bertz CT molecular complexity index is 1050. The number of para-hydroxylation sites is 2. The van der Waals surface area contributed by atoms with Crippen LogP contribution in [-0.2, 0) is 0 Å². The SMILES string of the molecule is CCCSC1=NC2(CCN(C(=O)Nc3ccccc3OCC)CC2)N=C1c1ccc(Cl)cc1. The predicted molar refractivity (Wildman–Crippen MR) is 138 cm³/mol. The molecular formula is C25H29ClN4O2S. The second-order valence-electron chi connectivity index (χ2n) is 8.06. The van der Waals surface area contributed by atoms with Gasteiger partial charge in [0.1, 0.15) is 10.8 Å². The van der Waals surface area contributed by atoms with Crippen molar-refractivity contribution in [1.82, 2.24) is 4.90 Å². The fourth-order valence-electron chi connectivity index (χ4n) is 3.96. The van der Waals surface area contributed by atoms with Gasteiger partial charge in [-0.25, -0.2) is 9.79 Å². The Balaban J connectivity index is 1.46. The largest absolute Gasteiger partial charge is 0.492 e. The summed E-state index contributed by atoms with van der Waals surface area (Å²) in [7, 11) is 0. The number of aliphatic imine (C=N–C) groups is 2. The third-order valence-corrected chi connectivity index (χ3v) is 7.10. The number of rotatable bonds is 6. The van der Waals surface area contributed by atoms with Crippen LogP contribution in [0.15, 0.2) is 58.5 Å². The van der Waals surface area contributed by atoms with Gasteiger partial charge in [0.15, 0.2) is 5.66 Å². The molecule has 33 heavy (non-hydrogen) atoms. The molecule has 2 heterocycles. The molecule has 0 unspecified atom stereocenters. The summed E-state index contributed by atoms with van der Waals surface area (Å²) in [6, 6.07) is 15.2. The van der Waals surface area contributed by atoms with Crippen molar-refractivity contribution in [1.29, 1.82) is 0 Å². The molecule has 2 amide bonds. The van der Waals surface area contributed by atoms with Crippen molar-refractivity contribution in [3.63, 3.8) is 0 Å². The number of amides is 2. The van der Waals surface area contributed by atoms with Gasteiger partial charge in [-0.3, -0.25) is 4.99 Å². The van der Waals surface area contributed by atoms with E-state index in [0.717, 1.165) is 28.5 Å². The summed E-state index contributed by atoms with van der Waals surface area (Å²) in [5, 5.41) is 4.69. The number of thioether (sulfide) groups is 1. The van der Waals surface area contributed by atoms with Crippen LogP contribution in [0.3, 0.4) is 0 Å². The maximum absolute atomic E-state index is 12.9. The van der Waals surface area contributed by atoms with Gasteiger partial charge in [0.2, 0.25) is 0 Å². The Morgan fingerprint density at radius 1 is 1.12 bits per heavy atom. The van der Waals surface area contributed by atoms with E-state index in [9.17, 15) is 4.79 Å². The summed E-state index contributed by atoms with van der Waals surface area (Å²) < 4.78 is 5.63. The van der Waals surface area contributed by atoms with Crippen LogP contribution in [-0.4, -0.2) is 52.8 Å². The molecule has 1 spiro atoms. The first kappa shape index (κ1) is 23.6. The second-order valence-corrected chi connectivity index (χ2v) is 9.58. The van der Waals surface area contributed by atoms with Crippen LogP contribution in [0.1, 0.15) is 38.7 Å². The molecule has 2 aromatic carbocycles. The summed E-state index contributed by atoms with van der Waals surface area (Å²) >= 11 is 7.84. The van der Waals surface area contributed by atoms with Crippen molar-refractivity contribution in [3.8, 4) is 5.75 Å². The average molecular weight is 485 g/mol. The van der Waals surface area contributed by atoms with E-state index in [1.807, 2.05) is 60.4 Å². The summed E-state index contributed by atoms with van der Waals surface area (Å²) in [6.07, 6.45) is 2.46. The van der Waals surface area contributed by atoms with Crippen molar-refractivity contribution in [2.45, 2.75) is 38.8 Å². The van der Waals surface area contributed by atoms with Crippen LogP contribution in [0.4, 0.5) is 10.5 Å². The highest BCUT2D eigenvalue weighted by atomic mass is 35.5. The molecule has 2 aliphatic heterocycles. The minimum Gasteiger partial charge on any atom is -0.492 e. The maximum atomic E-state index is 12.9. The van der Waals surface area contributed by atoms with Gasteiger partial charge in [-0.05, 0) is 43.4 Å². The molecule has 0 atom stereocenters. The number of hydrogen-bond donors (Lipinski definition) is 1. The van der Waals surface area contributed by atoms with Gasteiger partial charge in [0.25, 0.3) is 0 Å². The number of ether oxygens (including phenoxy) is 1.